The molecule has 6 nitrogen and oxygen atoms in total. The van der Waals surface area contributed by atoms with E-state index in [1.54, 1.807) is 0 Å². The van der Waals surface area contributed by atoms with E-state index in [-0.39, 0.29) is 11.8 Å². The van der Waals surface area contributed by atoms with Crippen molar-refractivity contribution >= 4 is 20.2 Å². The number of fused-ring (bicyclic) bond motifs is 1. The van der Waals surface area contributed by atoms with Crippen molar-refractivity contribution in [2.45, 2.75) is 45.3 Å². The fraction of sp³-hybridized carbons (Fsp3) is 1.00. The van der Waals surface area contributed by atoms with Crippen LogP contribution in [0.4, 0.5) is 0 Å². The van der Waals surface area contributed by atoms with E-state index in [1.165, 1.54) is 0 Å². The summed E-state index contributed by atoms with van der Waals surface area (Å²) < 4.78 is 56.4. The van der Waals surface area contributed by atoms with Gasteiger partial charge in [-0.1, -0.05) is 20.3 Å². The van der Waals surface area contributed by atoms with Crippen molar-refractivity contribution in [2.24, 2.45) is 11.8 Å². The standard InChI is InChI=1S/C10H18O6S2/c1-7(2)8-4-3-5-9-10(8)16-18(13,14)6-17(11,12)15-9/h7-10H,3-6H2,1-2H3. The van der Waals surface area contributed by atoms with E-state index >= 15 is 0 Å². The third kappa shape index (κ3) is 3.04. The third-order valence-electron chi connectivity index (χ3n) is 3.49. The molecule has 0 aromatic heterocycles. The Morgan fingerprint density at radius 1 is 1.00 bits per heavy atom. The van der Waals surface area contributed by atoms with Crippen LogP contribution in [0.3, 0.4) is 0 Å². The van der Waals surface area contributed by atoms with Crippen molar-refractivity contribution in [3.8, 4) is 0 Å². The van der Waals surface area contributed by atoms with Crippen LogP contribution in [0.5, 0.6) is 0 Å². The van der Waals surface area contributed by atoms with Gasteiger partial charge in [0, 0.05) is 0 Å². The van der Waals surface area contributed by atoms with Gasteiger partial charge in [0.1, 0.15) is 12.2 Å². The van der Waals surface area contributed by atoms with Gasteiger partial charge in [0.2, 0.25) is 5.08 Å². The van der Waals surface area contributed by atoms with Gasteiger partial charge in [-0.15, -0.1) is 0 Å². The lowest BCUT2D eigenvalue weighted by molar-refractivity contribution is -0.0180. The minimum absolute atomic E-state index is 0.00632. The minimum atomic E-state index is -4.08. The Bertz CT molecular complexity index is 506. The molecule has 3 unspecified atom stereocenters. The van der Waals surface area contributed by atoms with E-state index in [1.807, 2.05) is 13.8 Å². The molecular formula is C10H18O6S2. The molecule has 2 rings (SSSR count). The number of hydrogen-bond acceptors (Lipinski definition) is 6. The molecule has 106 valence electrons. The molecule has 1 saturated heterocycles. The topological polar surface area (TPSA) is 86.7 Å². The van der Waals surface area contributed by atoms with Crippen LogP contribution in [-0.2, 0) is 28.6 Å². The van der Waals surface area contributed by atoms with Crippen LogP contribution in [0.2, 0.25) is 0 Å². The van der Waals surface area contributed by atoms with Crippen LogP contribution >= 0.6 is 0 Å². The van der Waals surface area contributed by atoms with Crippen LogP contribution in [-0.4, -0.2) is 34.1 Å². The molecule has 8 heteroatoms. The summed E-state index contributed by atoms with van der Waals surface area (Å²) in [7, 11) is -8.14. The van der Waals surface area contributed by atoms with E-state index < -0.39 is 37.5 Å². The highest BCUT2D eigenvalue weighted by molar-refractivity contribution is 8.03. The second-order valence-corrected chi connectivity index (χ2v) is 8.83. The van der Waals surface area contributed by atoms with E-state index in [2.05, 4.69) is 0 Å². The molecule has 2 fully saturated rings. The molecule has 1 heterocycles. The molecule has 18 heavy (non-hydrogen) atoms. The molecule has 0 bridgehead atoms. The van der Waals surface area contributed by atoms with Crippen molar-refractivity contribution in [1.29, 1.82) is 0 Å². The Hall–Kier alpha value is -0.180. The Morgan fingerprint density at radius 3 is 2.22 bits per heavy atom. The smallest absolute Gasteiger partial charge is 0.263 e. The molecule has 1 saturated carbocycles. The molecule has 3 atom stereocenters. The molecular weight excluding hydrogens is 280 g/mol. The van der Waals surface area contributed by atoms with Gasteiger partial charge in [0.25, 0.3) is 20.2 Å². The second kappa shape index (κ2) is 4.73. The number of rotatable bonds is 1. The monoisotopic (exact) mass is 298 g/mol. The number of hydrogen-bond donors (Lipinski definition) is 0. The zero-order valence-electron chi connectivity index (χ0n) is 10.4. The summed E-state index contributed by atoms with van der Waals surface area (Å²) in [5, 5.41) is -1.09. The van der Waals surface area contributed by atoms with Crippen LogP contribution < -0.4 is 0 Å². The Balaban J connectivity index is 2.36. The maximum atomic E-state index is 11.6. The zero-order valence-corrected chi connectivity index (χ0v) is 12.0. The molecule has 0 aromatic rings. The van der Waals surface area contributed by atoms with Gasteiger partial charge in [0.15, 0.2) is 0 Å². The van der Waals surface area contributed by atoms with Crippen molar-refractivity contribution < 1.29 is 25.2 Å². The van der Waals surface area contributed by atoms with Gasteiger partial charge in [-0.2, -0.15) is 16.8 Å². The first-order valence-electron chi connectivity index (χ1n) is 6.02. The normalized spacial score (nSPS) is 38.9. The average Bonchev–Trinajstić information content (AvgIpc) is 2.26. The molecule has 0 spiro atoms. The van der Waals surface area contributed by atoms with Gasteiger partial charge >= 0.3 is 0 Å². The Labute approximate surface area is 108 Å². The maximum absolute atomic E-state index is 11.6. The van der Waals surface area contributed by atoms with Crippen LogP contribution in [0, 0.1) is 11.8 Å². The molecule has 1 aliphatic heterocycles. The molecule has 0 N–H and O–H groups in total. The lowest BCUT2D eigenvalue weighted by Gasteiger charge is -2.36. The highest BCUT2D eigenvalue weighted by Crippen LogP contribution is 2.37. The summed E-state index contributed by atoms with van der Waals surface area (Å²) in [6, 6.07) is 0. The fourth-order valence-corrected chi connectivity index (χ4v) is 5.74. The summed E-state index contributed by atoms with van der Waals surface area (Å²) in [6.45, 7) is 3.95. The fourth-order valence-electron chi connectivity index (χ4n) is 2.70. The van der Waals surface area contributed by atoms with Crippen molar-refractivity contribution in [3.05, 3.63) is 0 Å². The van der Waals surface area contributed by atoms with E-state index in [4.69, 9.17) is 8.37 Å². The van der Waals surface area contributed by atoms with E-state index in [0.717, 1.165) is 12.8 Å². The molecule has 2 aliphatic rings. The Morgan fingerprint density at radius 2 is 1.61 bits per heavy atom. The van der Waals surface area contributed by atoms with E-state index in [9.17, 15) is 16.8 Å². The van der Waals surface area contributed by atoms with Crippen molar-refractivity contribution in [1.82, 2.24) is 0 Å². The van der Waals surface area contributed by atoms with Crippen LogP contribution in [0.15, 0.2) is 0 Å². The maximum Gasteiger partial charge on any atom is 0.284 e. The molecule has 0 amide bonds. The lowest BCUT2D eigenvalue weighted by atomic mass is 9.78. The quantitative estimate of drug-likeness (QED) is 0.667. The van der Waals surface area contributed by atoms with Gasteiger partial charge in [-0.25, -0.2) is 0 Å². The summed E-state index contributed by atoms with van der Waals surface area (Å²) in [5.74, 6) is 0.226. The largest absolute Gasteiger partial charge is 0.284 e. The summed E-state index contributed by atoms with van der Waals surface area (Å²) in [4.78, 5) is 0. The molecule has 1 aliphatic carbocycles. The first-order valence-corrected chi connectivity index (χ1v) is 9.17. The SMILES string of the molecule is CC(C)C1CCCC2OS(=O)(=O)CS(=O)(=O)OC21. The minimum Gasteiger partial charge on any atom is -0.263 e. The predicted octanol–water partition coefficient (Wildman–Crippen LogP) is 0.844. The van der Waals surface area contributed by atoms with Crippen molar-refractivity contribution in [3.63, 3.8) is 0 Å². The van der Waals surface area contributed by atoms with Gasteiger partial charge in [0.05, 0.1) is 0 Å². The third-order valence-corrected chi connectivity index (χ3v) is 6.85. The van der Waals surface area contributed by atoms with Gasteiger partial charge in [-0.05, 0) is 24.7 Å². The summed E-state index contributed by atoms with van der Waals surface area (Å²) in [5.41, 5.74) is 0. The predicted molar refractivity (Wildman–Crippen MR) is 64.6 cm³/mol. The van der Waals surface area contributed by atoms with Crippen molar-refractivity contribution in [2.75, 3.05) is 5.08 Å². The van der Waals surface area contributed by atoms with Gasteiger partial charge < -0.3 is 0 Å². The summed E-state index contributed by atoms with van der Waals surface area (Å²) in [6.07, 6.45) is 0.818. The first kappa shape index (κ1) is 14.2. The summed E-state index contributed by atoms with van der Waals surface area (Å²) >= 11 is 0. The molecule has 0 aromatic carbocycles. The first-order chi connectivity index (χ1) is 8.20. The highest BCUT2D eigenvalue weighted by atomic mass is 32.3. The lowest BCUT2D eigenvalue weighted by Crippen LogP contribution is -2.43. The van der Waals surface area contributed by atoms with Crippen LogP contribution in [0.25, 0.3) is 0 Å². The average molecular weight is 298 g/mol. The Kier molecular flexibility index (Phi) is 3.74. The highest BCUT2D eigenvalue weighted by Gasteiger charge is 2.45. The van der Waals surface area contributed by atoms with Gasteiger partial charge in [-0.3, -0.25) is 8.37 Å². The molecule has 0 radical (unpaired) electrons. The second-order valence-electron chi connectivity index (χ2n) is 5.27. The van der Waals surface area contributed by atoms with E-state index in [0.29, 0.717) is 6.42 Å². The zero-order chi connectivity index (χ0) is 13.6. The van der Waals surface area contributed by atoms with Crippen LogP contribution in [0.1, 0.15) is 33.1 Å².